The third-order valence-corrected chi connectivity index (χ3v) is 5.59. The number of hydrogen-bond donors (Lipinski definition) is 0. The van der Waals surface area contributed by atoms with Gasteiger partial charge < -0.3 is 19.1 Å². The lowest BCUT2D eigenvalue weighted by Gasteiger charge is -2.30. The van der Waals surface area contributed by atoms with E-state index >= 15 is 0 Å². The smallest absolute Gasteiger partial charge is 0.154 e. The third kappa shape index (κ3) is 4.26. The molecule has 0 saturated carbocycles. The maximum Gasteiger partial charge on any atom is 0.154 e. The van der Waals surface area contributed by atoms with Gasteiger partial charge in [0.25, 0.3) is 0 Å². The molecule has 8 nitrogen and oxygen atoms in total. The minimum absolute atomic E-state index is 0.530. The van der Waals surface area contributed by atoms with E-state index in [1.54, 1.807) is 0 Å². The molecule has 5 rings (SSSR count). The summed E-state index contributed by atoms with van der Waals surface area (Å²) in [6, 6.07) is 12.1. The highest BCUT2D eigenvalue weighted by Gasteiger charge is 2.16. The van der Waals surface area contributed by atoms with E-state index in [1.165, 1.54) is 0 Å². The second-order valence-electron chi connectivity index (χ2n) is 7.53. The van der Waals surface area contributed by atoms with Crippen LogP contribution in [0, 0.1) is 0 Å². The van der Waals surface area contributed by atoms with Gasteiger partial charge in [0, 0.05) is 38.3 Å². The van der Waals surface area contributed by atoms with E-state index in [4.69, 9.17) is 19.3 Å². The predicted molar refractivity (Wildman–Crippen MR) is 114 cm³/mol. The number of hydrogen-bond acceptors (Lipinski definition) is 7. The van der Waals surface area contributed by atoms with Crippen LogP contribution in [0.3, 0.4) is 0 Å². The van der Waals surface area contributed by atoms with Crippen LogP contribution < -0.4 is 9.64 Å². The van der Waals surface area contributed by atoms with Gasteiger partial charge in [-0.1, -0.05) is 12.1 Å². The van der Waals surface area contributed by atoms with E-state index < -0.39 is 0 Å². The molecule has 3 aromatic rings. The molecule has 4 heterocycles. The van der Waals surface area contributed by atoms with Crippen LogP contribution in [0.1, 0.15) is 0 Å². The van der Waals surface area contributed by atoms with Crippen molar-refractivity contribution in [3.05, 3.63) is 42.6 Å². The second-order valence-corrected chi connectivity index (χ2v) is 7.53. The molecule has 0 amide bonds. The van der Waals surface area contributed by atoms with Crippen molar-refractivity contribution < 1.29 is 14.2 Å². The van der Waals surface area contributed by atoms with Crippen molar-refractivity contribution in [1.29, 1.82) is 0 Å². The lowest BCUT2D eigenvalue weighted by atomic mass is 10.1. The van der Waals surface area contributed by atoms with E-state index in [0.717, 1.165) is 74.4 Å². The zero-order valence-electron chi connectivity index (χ0n) is 17.1. The van der Waals surface area contributed by atoms with Crippen LogP contribution in [0.15, 0.2) is 42.6 Å². The number of aromatic nitrogens is 3. The van der Waals surface area contributed by atoms with Crippen molar-refractivity contribution in [1.82, 2.24) is 19.5 Å². The van der Waals surface area contributed by atoms with Gasteiger partial charge in [0.15, 0.2) is 5.65 Å². The van der Waals surface area contributed by atoms with Gasteiger partial charge in [-0.05, 0) is 24.3 Å². The van der Waals surface area contributed by atoms with Crippen LogP contribution in [0.25, 0.3) is 16.9 Å². The monoisotopic (exact) mass is 409 g/mol. The third-order valence-electron chi connectivity index (χ3n) is 5.59. The quantitative estimate of drug-likeness (QED) is 0.655. The van der Waals surface area contributed by atoms with Gasteiger partial charge in [-0.3, -0.25) is 4.90 Å². The van der Waals surface area contributed by atoms with Gasteiger partial charge in [0.1, 0.15) is 18.2 Å². The molecule has 8 heteroatoms. The largest absolute Gasteiger partial charge is 0.491 e. The highest BCUT2D eigenvalue weighted by atomic mass is 16.5. The first-order valence-electron chi connectivity index (χ1n) is 10.6. The summed E-state index contributed by atoms with van der Waals surface area (Å²) < 4.78 is 19.1. The zero-order valence-corrected chi connectivity index (χ0v) is 17.1. The highest BCUT2D eigenvalue weighted by molar-refractivity contribution is 5.65. The number of imidazole rings is 1. The summed E-state index contributed by atoms with van der Waals surface area (Å²) in [5, 5.41) is 4.94. The average molecular weight is 409 g/mol. The first-order valence-corrected chi connectivity index (χ1v) is 10.6. The number of anilines is 1. The highest BCUT2D eigenvalue weighted by Crippen LogP contribution is 2.25. The molecule has 30 heavy (non-hydrogen) atoms. The topological polar surface area (TPSA) is 64.4 Å². The van der Waals surface area contributed by atoms with Crippen molar-refractivity contribution in [3.63, 3.8) is 0 Å². The fourth-order valence-corrected chi connectivity index (χ4v) is 3.90. The van der Waals surface area contributed by atoms with E-state index in [1.807, 2.05) is 35.0 Å². The second kappa shape index (κ2) is 8.99. The van der Waals surface area contributed by atoms with Gasteiger partial charge in [0.2, 0.25) is 0 Å². The standard InChI is InChI=1S/C22H27N5O3/c1-2-18-16-19(3-1)30-15-14-29-13-10-26(7-6-25-8-11-28-12-9-25)22-5-4-21-23-17-20(18)27(21)24-22/h1-5,16-17H,6-15H2. The maximum atomic E-state index is 5.87. The van der Waals surface area contributed by atoms with E-state index in [-0.39, 0.29) is 0 Å². The fraction of sp³-hybridized carbons (Fsp3) is 0.455. The number of nitrogens with zero attached hydrogens (tertiary/aromatic N) is 5. The Morgan fingerprint density at radius 3 is 2.67 bits per heavy atom. The minimum atomic E-state index is 0.530. The molecule has 0 N–H and O–H groups in total. The van der Waals surface area contributed by atoms with Crippen molar-refractivity contribution in [3.8, 4) is 17.0 Å². The van der Waals surface area contributed by atoms with E-state index in [2.05, 4.69) is 26.9 Å². The summed E-state index contributed by atoms with van der Waals surface area (Å²) in [5.74, 6) is 1.76. The first kappa shape index (κ1) is 19.3. The summed E-state index contributed by atoms with van der Waals surface area (Å²) in [6.45, 7) is 7.94. The van der Waals surface area contributed by atoms with Gasteiger partial charge in [0.05, 0.1) is 38.3 Å². The molecule has 2 aromatic heterocycles. The summed E-state index contributed by atoms with van der Waals surface area (Å²) in [5.41, 5.74) is 2.82. The van der Waals surface area contributed by atoms with Crippen LogP contribution >= 0.6 is 0 Å². The van der Waals surface area contributed by atoms with Crippen LogP contribution in [-0.4, -0.2) is 85.3 Å². The summed E-state index contributed by atoms with van der Waals surface area (Å²) in [7, 11) is 0. The van der Waals surface area contributed by atoms with E-state index in [9.17, 15) is 0 Å². The predicted octanol–water partition coefficient (Wildman–Crippen LogP) is 1.94. The van der Waals surface area contributed by atoms with Gasteiger partial charge in [-0.15, -0.1) is 5.10 Å². The summed E-state index contributed by atoms with van der Waals surface area (Å²) >= 11 is 0. The number of ether oxygens (including phenoxy) is 3. The average Bonchev–Trinajstić information content (AvgIpc) is 3.22. The fourth-order valence-electron chi connectivity index (χ4n) is 3.90. The Morgan fingerprint density at radius 2 is 1.73 bits per heavy atom. The van der Waals surface area contributed by atoms with Gasteiger partial charge in [-0.2, -0.15) is 0 Å². The molecule has 1 fully saturated rings. The van der Waals surface area contributed by atoms with Crippen molar-refractivity contribution in [2.45, 2.75) is 0 Å². The Hall–Kier alpha value is -2.68. The van der Waals surface area contributed by atoms with Crippen LogP contribution in [-0.2, 0) is 9.47 Å². The molecule has 0 spiro atoms. The molecular formula is C22H27N5O3. The normalized spacial score (nSPS) is 18.3. The Balaban J connectivity index is 1.46. The van der Waals surface area contributed by atoms with Crippen LogP contribution in [0.4, 0.5) is 5.82 Å². The number of rotatable bonds is 3. The Morgan fingerprint density at radius 1 is 0.867 bits per heavy atom. The summed E-state index contributed by atoms with van der Waals surface area (Å²) in [6.07, 6.45) is 1.87. The molecule has 4 bridgehead atoms. The molecule has 2 aliphatic rings. The molecule has 0 aliphatic carbocycles. The van der Waals surface area contributed by atoms with Gasteiger partial charge >= 0.3 is 0 Å². The lowest BCUT2D eigenvalue weighted by Crippen LogP contribution is -2.42. The molecule has 0 atom stereocenters. The Labute approximate surface area is 176 Å². The van der Waals surface area contributed by atoms with Crippen molar-refractivity contribution in [2.75, 3.05) is 70.7 Å². The Bertz CT molecular complexity index is 986. The molecule has 2 aliphatic heterocycles. The number of fused-ring (bicyclic) bond motifs is 4. The molecule has 1 aromatic carbocycles. The van der Waals surface area contributed by atoms with E-state index in [0.29, 0.717) is 19.8 Å². The molecule has 158 valence electrons. The first-order chi connectivity index (χ1) is 14.9. The SMILES string of the molecule is c1cc2cc(c1)-c1cnc3ccc(nn13)N(CCN1CCOCC1)CCOCCO2. The maximum absolute atomic E-state index is 5.87. The minimum Gasteiger partial charge on any atom is -0.491 e. The van der Waals surface area contributed by atoms with Gasteiger partial charge in [-0.25, -0.2) is 9.50 Å². The molecular weight excluding hydrogens is 382 g/mol. The Kier molecular flexibility index (Phi) is 5.78. The zero-order chi connectivity index (χ0) is 20.2. The number of benzene rings is 1. The van der Waals surface area contributed by atoms with Crippen molar-refractivity contribution in [2.24, 2.45) is 0 Å². The lowest BCUT2D eigenvalue weighted by molar-refractivity contribution is 0.0389. The van der Waals surface area contributed by atoms with Crippen LogP contribution in [0.5, 0.6) is 5.75 Å². The van der Waals surface area contributed by atoms with Crippen LogP contribution in [0.2, 0.25) is 0 Å². The molecule has 1 saturated heterocycles. The summed E-state index contributed by atoms with van der Waals surface area (Å²) in [4.78, 5) is 9.28. The molecule has 0 unspecified atom stereocenters. The van der Waals surface area contributed by atoms with Crippen molar-refractivity contribution >= 4 is 11.5 Å². The molecule has 0 radical (unpaired) electrons. The number of morpholine rings is 1.